The van der Waals surface area contributed by atoms with Crippen LogP contribution in [0.1, 0.15) is 33.6 Å². The minimum Gasteiger partial charge on any atom is -0.465 e. The van der Waals surface area contributed by atoms with Crippen molar-refractivity contribution in [1.29, 1.82) is 0 Å². The lowest BCUT2D eigenvalue weighted by atomic mass is 10.1. The van der Waals surface area contributed by atoms with Crippen molar-refractivity contribution in [2.75, 3.05) is 13.1 Å². The van der Waals surface area contributed by atoms with Gasteiger partial charge in [0.1, 0.15) is 0 Å². The Morgan fingerprint density at radius 3 is 2.33 bits per heavy atom. The Hall–Kier alpha value is -0.730. The van der Waals surface area contributed by atoms with Gasteiger partial charge >= 0.3 is 6.09 Å². The number of carbonyl (C=O) groups is 1. The molecule has 12 heavy (non-hydrogen) atoms. The van der Waals surface area contributed by atoms with E-state index in [4.69, 9.17) is 5.11 Å². The van der Waals surface area contributed by atoms with E-state index < -0.39 is 6.09 Å². The first-order valence-corrected chi connectivity index (χ1v) is 4.55. The van der Waals surface area contributed by atoms with E-state index in [2.05, 4.69) is 13.8 Å². The topological polar surface area (TPSA) is 40.5 Å². The number of hydrogen-bond acceptors (Lipinski definition) is 1. The van der Waals surface area contributed by atoms with Crippen LogP contribution in [-0.2, 0) is 0 Å². The predicted molar refractivity (Wildman–Crippen MR) is 49.3 cm³/mol. The first-order chi connectivity index (χ1) is 5.57. The molecule has 0 rings (SSSR count). The molecule has 0 radical (unpaired) electrons. The number of amides is 1. The van der Waals surface area contributed by atoms with Gasteiger partial charge < -0.3 is 10.0 Å². The molecule has 1 amide bonds. The second kappa shape index (κ2) is 5.86. The van der Waals surface area contributed by atoms with Crippen LogP contribution in [0.15, 0.2) is 0 Å². The molecular formula is C9H19NO2. The largest absolute Gasteiger partial charge is 0.465 e. The zero-order valence-corrected chi connectivity index (χ0v) is 8.21. The third-order valence-electron chi connectivity index (χ3n) is 1.74. The van der Waals surface area contributed by atoms with E-state index >= 15 is 0 Å². The van der Waals surface area contributed by atoms with Gasteiger partial charge in [0.15, 0.2) is 0 Å². The quantitative estimate of drug-likeness (QED) is 0.693. The Kier molecular flexibility index (Phi) is 5.51. The van der Waals surface area contributed by atoms with E-state index in [1.807, 2.05) is 6.92 Å². The van der Waals surface area contributed by atoms with Crippen LogP contribution >= 0.6 is 0 Å². The average Bonchev–Trinajstić information content (AvgIpc) is 1.96. The molecule has 0 aromatic carbocycles. The van der Waals surface area contributed by atoms with Crippen molar-refractivity contribution in [2.24, 2.45) is 5.92 Å². The summed E-state index contributed by atoms with van der Waals surface area (Å²) >= 11 is 0. The van der Waals surface area contributed by atoms with Crippen LogP contribution in [-0.4, -0.2) is 29.2 Å². The van der Waals surface area contributed by atoms with Gasteiger partial charge in [0.05, 0.1) is 0 Å². The molecule has 0 spiro atoms. The van der Waals surface area contributed by atoms with Crippen molar-refractivity contribution >= 4 is 6.09 Å². The monoisotopic (exact) mass is 173 g/mol. The molecule has 0 saturated carbocycles. The molecule has 72 valence electrons. The maximum absolute atomic E-state index is 10.6. The lowest BCUT2D eigenvalue weighted by molar-refractivity contribution is 0.143. The van der Waals surface area contributed by atoms with Crippen LogP contribution in [0.4, 0.5) is 4.79 Å². The molecule has 0 atom stereocenters. The van der Waals surface area contributed by atoms with Gasteiger partial charge in [0, 0.05) is 13.1 Å². The Bertz CT molecular complexity index is 134. The van der Waals surface area contributed by atoms with Crippen molar-refractivity contribution < 1.29 is 9.90 Å². The highest BCUT2D eigenvalue weighted by molar-refractivity contribution is 5.64. The maximum atomic E-state index is 10.6. The molecule has 3 heteroatoms. The van der Waals surface area contributed by atoms with Gasteiger partial charge in [-0.15, -0.1) is 0 Å². The molecular weight excluding hydrogens is 154 g/mol. The Balaban J connectivity index is 3.71. The highest BCUT2D eigenvalue weighted by Crippen LogP contribution is 2.02. The van der Waals surface area contributed by atoms with Crippen LogP contribution in [0.25, 0.3) is 0 Å². The minimum absolute atomic E-state index is 0.573. The highest BCUT2D eigenvalue weighted by atomic mass is 16.4. The van der Waals surface area contributed by atoms with Crippen molar-refractivity contribution in [3.05, 3.63) is 0 Å². The standard InChI is InChI=1S/C9H19NO2/c1-4-6-10(9(11)12)7-5-8(2)3/h8H,4-7H2,1-3H3,(H,11,12). The van der Waals surface area contributed by atoms with Gasteiger partial charge in [-0.1, -0.05) is 20.8 Å². The highest BCUT2D eigenvalue weighted by Gasteiger charge is 2.09. The Morgan fingerprint density at radius 1 is 1.42 bits per heavy atom. The molecule has 0 heterocycles. The van der Waals surface area contributed by atoms with Gasteiger partial charge in [-0.05, 0) is 18.8 Å². The smallest absolute Gasteiger partial charge is 0.407 e. The first kappa shape index (κ1) is 11.3. The van der Waals surface area contributed by atoms with Crippen molar-refractivity contribution in [1.82, 2.24) is 4.90 Å². The fourth-order valence-electron chi connectivity index (χ4n) is 0.987. The Morgan fingerprint density at radius 2 is 2.00 bits per heavy atom. The lowest BCUT2D eigenvalue weighted by Gasteiger charge is -2.18. The van der Waals surface area contributed by atoms with E-state index in [1.54, 1.807) is 0 Å². The van der Waals surface area contributed by atoms with Gasteiger partial charge in [-0.3, -0.25) is 0 Å². The molecule has 3 nitrogen and oxygen atoms in total. The van der Waals surface area contributed by atoms with E-state index in [9.17, 15) is 4.79 Å². The summed E-state index contributed by atoms with van der Waals surface area (Å²) in [6.07, 6.45) is 1.05. The minimum atomic E-state index is -0.794. The fraction of sp³-hybridized carbons (Fsp3) is 0.889. The molecule has 0 aliphatic heterocycles. The first-order valence-electron chi connectivity index (χ1n) is 4.55. The summed E-state index contributed by atoms with van der Waals surface area (Å²) in [6.45, 7) is 7.52. The summed E-state index contributed by atoms with van der Waals surface area (Å²) in [5.41, 5.74) is 0. The summed E-state index contributed by atoms with van der Waals surface area (Å²) in [7, 11) is 0. The SMILES string of the molecule is CCCN(CCC(C)C)C(=O)O. The van der Waals surface area contributed by atoms with Crippen LogP contribution in [0.2, 0.25) is 0 Å². The van der Waals surface area contributed by atoms with Crippen molar-refractivity contribution in [3.8, 4) is 0 Å². The normalized spacial score (nSPS) is 10.3. The van der Waals surface area contributed by atoms with Gasteiger partial charge in [-0.2, -0.15) is 0 Å². The number of nitrogens with zero attached hydrogens (tertiary/aromatic N) is 1. The van der Waals surface area contributed by atoms with Gasteiger partial charge in [0.25, 0.3) is 0 Å². The molecule has 0 aliphatic rings. The second-order valence-electron chi connectivity index (χ2n) is 3.45. The summed E-state index contributed by atoms with van der Waals surface area (Å²) in [6, 6.07) is 0. The fourth-order valence-corrected chi connectivity index (χ4v) is 0.987. The van der Waals surface area contributed by atoms with Gasteiger partial charge in [0.2, 0.25) is 0 Å². The Labute approximate surface area is 74.4 Å². The van der Waals surface area contributed by atoms with Crippen molar-refractivity contribution in [2.45, 2.75) is 33.6 Å². The second-order valence-corrected chi connectivity index (χ2v) is 3.45. The average molecular weight is 173 g/mol. The van der Waals surface area contributed by atoms with Crippen molar-refractivity contribution in [3.63, 3.8) is 0 Å². The number of carboxylic acid groups (broad SMARTS) is 1. The molecule has 0 unspecified atom stereocenters. The summed E-state index contributed by atoms with van der Waals surface area (Å²) in [5, 5.41) is 8.74. The third-order valence-corrected chi connectivity index (χ3v) is 1.74. The van der Waals surface area contributed by atoms with E-state index in [0.29, 0.717) is 19.0 Å². The summed E-state index contributed by atoms with van der Waals surface area (Å²) < 4.78 is 0. The molecule has 0 aromatic heterocycles. The van der Waals surface area contributed by atoms with E-state index in [1.165, 1.54) is 4.90 Å². The summed E-state index contributed by atoms with van der Waals surface area (Å²) in [4.78, 5) is 12.1. The predicted octanol–water partition coefficient (Wildman–Crippen LogP) is 2.42. The zero-order chi connectivity index (χ0) is 9.56. The van der Waals surface area contributed by atoms with E-state index in [0.717, 1.165) is 12.8 Å². The number of hydrogen-bond donors (Lipinski definition) is 1. The molecule has 0 bridgehead atoms. The lowest BCUT2D eigenvalue weighted by Crippen LogP contribution is -2.31. The van der Waals surface area contributed by atoms with E-state index in [-0.39, 0.29) is 0 Å². The van der Waals surface area contributed by atoms with Crippen LogP contribution < -0.4 is 0 Å². The number of rotatable bonds is 5. The van der Waals surface area contributed by atoms with Gasteiger partial charge in [-0.25, -0.2) is 4.79 Å². The van der Waals surface area contributed by atoms with Crippen LogP contribution in [0.3, 0.4) is 0 Å². The molecule has 0 aromatic rings. The van der Waals surface area contributed by atoms with Crippen LogP contribution in [0, 0.1) is 5.92 Å². The third kappa shape index (κ3) is 4.99. The molecule has 1 N–H and O–H groups in total. The molecule has 0 saturated heterocycles. The maximum Gasteiger partial charge on any atom is 0.407 e. The molecule has 0 fully saturated rings. The summed E-state index contributed by atoms with van der Waals surface area (Å²) in [5.74, 6) is 0.573. The van der Waals surface area contributed by atoms with Crippen LogP contribution in [0.5, 0.6) is 0 Å². The molecule has 0 aliphatic carbocycles. The zero-order valence-electron chi connectivity index (χ0n) is 8.21.